The zero-order valence-corrected chi connectivity index (χ0v) is 13.8. The summed E-state index contributed by atoms with van der Waals surface area (Å²) in [5, 5.41) is 29.7. The van der Waals surface area contributed by atoms with Crippen molar-refractivity contribution < 1.29 is 4.79 Å². The van der Waals surface area contributed by atoms with Gasteiger partial charge >= 0.3 is 0 Å². The van der Waals surface area contributed by atoms with Gasteiger partial charge in [-0.3, -0.25) is 4.79 Å². The number of allylic oxidation sites excluding steroid dienone is 2. The Bertz CT molecular complexity index is 928. The molecule has 2 aromatic carbocycles. The van der Waals surface area contributed by atoms with Crippen LogP contribution in [0.1, 0.15) is 15.9 Å². The summed E-state index contributed by atoms with van der Waals surface area (Å²) in [6.07, 6.45) is 0. The summed E-state index contributed by atoms with van der Waals surface area (Å²) in [4.78, 5) is 12.7. The van der Waals surface area contributed by atoms with Gasteiger partial charge in [-0.2, -0.15) is 15.8 Å². The smallest absolute Gasteiger partial charge is 0.195 e. The highest BCUT2D eigenvalue weighted by Gasteiger charge is 2.16. The molecule has 0 aliphatic heterocycles. The van der Waals surface area contributed by atoms with Crippen LogP contribution >= 0.6 is 15.9 Å². The van der Waals surface area contributed by atoms with Crippen LogP contribution < -0.4 is 5.32 Å². The minimum atomic E-state index is -0.349. The third-order valence-corrected chi connectivity index (χ3v) is 3.60. The fourth-order valence-electron chi connectivity index (χ4n) is 1.98. The van der Waals surface area contributed by atoms with Gasteiger partial charge in [0.05, 0.1) is 5.69 Å². The maximum Gasteiger partial charge on any atom is 0.195 e. The van der Waals surface area contributed by atoms with Crippen LogP contribution in [0.15, 0.2) is 64.3 Å². The molecule has 1 N–H and O–H groups in total. The second kappa shape index (κ2) is 7.74. The van der Waals surface area contributed by atoms with Gasteiger partial charge < -0.3 is 5.32 Å². The van der Waals surface area contributed by atoms with Crippen LogP contribution in [0.5, 0.6) is 0 Å². The zero-order valence-electron chi connectivity index (χ0n) is 12.2. The summed E-state index contributed by atoms with van der Waals surface area (Å²) < 4.78 is 0.690. The van der Waals surface area contributed by atoms with Gasteiger partial charge in [0.1, 0.15) is 23.9 Å². The van der Waals surface area contributed by atoms with E-state index in [0.717, 1.165) is 0 Å². The van der Waals surface area contributed by atoms with Crippen molar-refractivity contribution in [3.05, 3.63) is 75.4 Å². The maximum absolute atomic E-state index is 12.7. The molecule has 0 unspecified atom stereocenters. The Labute approximate surface area is 147 Å². The quantitative estimate of drug-likeness (QED) is 0.643. The van der Waals surface area contributed by atoms with Crippen molar-refractivity contribution >= 4 is 27.4 Å². The number of nitriles is 3. The first-order valence-electron chi connectivity index (χ1n) is 6.71. The monoisotopic (exact) mass is 376 g/mol. The van der Waals surface area contributed by atoms with Crippen molar-refractivity contribution in [2.24, 2.45) is 0 Å². The van der Waals surface area contributed by atoms with Crippen LogP contribution in [0.2, 0.25) is 0 Å². The molecule has 0 atom stereocenters. The van der Waals surface area contributed by atoms with E-state index in [9.17, 15) is 4.79 Å². The van der Waals surface area contributed by atoms with Gasteiger partial charge in [0.2, 0.25) is 0 Å². The molecule has 0 radical (unpaired) electrons. The SMILES string of the molecule is N#CC(C#N)=C(C#N)Nc1ccc(Br)cc1C(=O)c1ccccc1. The number of benzene rings is 2. The van der Waals surface area contributed by atoms with Crippen LogP contribution in [-0.4, -0.2) is 5.78 Å². The van der Waals surface area contributed by atoms with Crippen LogP contribution in [0.4, 0.5) is 5.69 Å². The Morgan fingerprint density at radius 2 is 1.62 bits per heavy atom. The van der Waals surface area contributed by atoms with Gasteiger partial charge in [-0.1, -0.05) is 46.3 Å². The van der Waals surface area contributed by atoms with Gasteiger partial charge in [-0.15, -0.1) is 0 Å². The number of ketones is 1. The standard InChI is InChI=1S/C18H9BrN4O/c19-14-6-7-16(23-17(11-22)13(9-20)10-21)15(8-14)18(24)12-4-2-1-3-5-12/h1-8,23H. The molecule has 0 saturated heterocycles. The number of hydrogen-bond acceptors (Lipinski definition) is 5. The normalized spacial score (nSPS) is 9.08. The van der Waals surface area contributed by atoms with Gasteiger partial charge in [-0.05, 0) is 18.2 Å². The Kier molecular flexibility index (Phi) is 5.47. The highest BCUT2D eigenvalue weighted by molar-refractivity contribution is 9.10. The largest absolute Gasteiger partial charge is 0.345 e. The predicted molar refractivity (Wildman–Crippen MR) is 91.5 cm³/mol. The van der Waals surface area contributed by atoms with E-state index in [1.54, 1.807) is 66.7 Å². The Morgan fingerprint density at radius 1 is 0.958 bits per heavy atom. The number of carbonyl (C=O) groups is 1. The fraction of sp³-hybridized carbons (Fsp3) is 0. The van der Waals surface area contributed by atoms with Gasteiger partial charge in [0.25, 0.3) is 0 Å². The maximum atomic E-state index is 12.7. The van der Waals surface area contributed by atoms with E-state index < -0.39 is 0 Å². The van der Waals surface area contributed by atoms with Crippen molar-refractivity contribution in [3.8, 4) is 18.2 Å². The van der Waals surface area contributed by atoms with Gasteiger partial charge in [0.15, 0.2) is 11.4 Å². The number of nitrogens with one attached hydrogen (secondary N) is 1. The molecule has 0 aliphatic carbocycles. The number of hydrogen-bond donors (Lipinski definition) is 1. The Morgan fingerprint density at radius 3 is 2.21 bits per heavy atom. The first-order valence-corrected chi connectivity index (χ1v) is 7.51. The van der Waals surface area contributed by atoms with Gasteiger partial charge in [-0.25, -0.2) is 0 Å². The number of carbonyl (C=O) groups excluding carboxylic acids is 1. The predicted octanol–water partition coefficient (Wildman–Crippen LogP) is 3.92. The molecule has 5 nitrogen and oxygen atoms in total. The van der Waals surface area contributed by atoms with Crippen LogP contribution in [0.25, 0.3) is 0 Å². The number of halogens is 1. The highest BCUT2D eigenvalue weighted by atomic mass is 79.9. The van der Waals surface area contributed by atoms with Crippen molar-refractivity contribution in [1.29, 1.82) is 15.8 Å². The summed E-state index contributed by atoms with van der Waals surface area (Å²) >= 11 is 3.32. The lowest BCUT2D eigenvalue weighted by molar-refractivity contribution is 0.103. The average molecular weight is 377 g/mol. The molecule has 6 heteroatoms. The third kappa shape index (κ3) is 3.67. The molecule has 0 aliphatic rings. The lowest BCUT2D eigenvalue weighted by atomic mass is 10.0. The molecule has 114 valence electrons. The van der Waals surface area contributed by atoms with E-state index in [4.69, 9.17) is 15.8 Å². The second-order valence-corrected chi connectivity index (χ2v) is 5.51. The number of nitrogens with zero attached hydrogens (tertiary/aromatic N) is 3. The lowest BCUT2D eigenvalue weighted by Gasteiger charge is -2.11. The van der Waals surface area contributed by atoms with Crippen LogP contribution in [0, 0.1) is 34.0 Å². The topological polar surface area (TPSA) is 100 Å². The molecule has 2 aromatic rings. The Balaban J connectivity index is 2.53. The van der Waals surface area contributed by atoms with Crippen molar-refractivity contribution in [2.45, 2.75) is 0 Å². The summed E-state index contributed by atoms with van der Waals surface area (Å²) in [7, 11) is 0. The van der Waals surface area contributed by atoms with Crippen molar-refractivity contribution in [1.82, 2.24) is 0 Å². The molecule has 0 amide bonds. The minimum Gasteiger partial charge on any atom is -0.345 e. The van der Waals surface area contributed by atoms with E-state index in [0.29, 0.717) is 21.3 Å². The van der Waals surface area contributed by atoms with E-state index in [1.807, 2.05) is 0 Å². The minimum absolute atomic E-state index is 0.204. The van der Waals surface area contributed by atoms with E-state index in [1.165, 1.54) is 0 Å². The molecule has 0 saturated carbocycles. The van der Waals surface area contributed by atoms with E-state index in [-0.39, 0.29) is 17.1 Å². The van der Waals surface area contributed by atoms with Gasteiger partial charge in [0, 0.05) is 15.6 Å². The van der Waals surface area contributed by atoms with Crippen LogP contribution in [0.3, 0.4) is 0 Å². The summed E-state index contributed by atoms with van der Waals surface area (Å²) in [5.74, 6) is -0.243. The highest BCUT2D eigenvalue weighted by Crippen LogP contribution is 2.25. The average Bonchev–Trinajstić information content (AvgIpc) is 2.63. The molecule has 0 bridgehead atoms. The number of rotatable bonds is 4. The fourth-order valence-corrected chi connectivity index (χ4v) is 2.34. The first kappa shape index (κ1) is 17.0. The molecule has 24 heavy (non-hydrogen) atoms. The molecule has 0 spiro atoms. The summed E-state index contributed by atoms with van der Waals surface area (Å²) in [5.41, 5.74) is 0.593. The van der Waals surface area contributed by atoms with Crippen LogP contribution in [-0.2, 0) is 0 Å². The third-order valence-electron chi connectivity index (χ3n) is 3.11. The lowest BCUT2D eigenvalue weighted by Crippen LogP contribution is -2.08. The number of anilines is 1. The van der Waals surface area contributed by atoms with Crippen molar-refractivity contribution in [3.63, 3.8) is 0 Å². The van der Waals surface area contributed by atoms with E-state index >= 15 is 0 Å². The molecule has 0 heterocycles. The second-order valence-electron chi connectivity index (χ2n) is 4.60. The molecule has 0 fully saturated rings. The molecular formula is C18H9BrN4O. The first-order chi connectivity index (χ1) is 11.6. The summed E-state index contributed by atoms with van der Waals surface area (Å²) in [6.45, 7) is 0. The molecule has 0 aromatic heterocycles. The zero-order chi connectivity index (χ0) is 17.5. The molecule has 2 rings (SSSR count). The van der Waals surface area contributed by atoms with E-state index in [2.05, 4.69) is 21.2 Å². The molecular weight excluding hydrogens is 368 g/mol. The van der Waals surface area contributed by atoms with Crippen molar-refractivity contribution in [2.75, 3.05) is 5.32 Å². The Hall–Kier alpha value is -3.40. The summed E-state index contributed by atoms with van der Waals surface area (Å²) in [6, 6.07) is 18.7.